The van der Waals surface area contributed by atoms with Gasteiger partial charge in [-0.1, -0.05) is 34.1 Å². The summed E-state index contributed by atoms with van der Waals surface area (Å²) in [5.74, 6) is -8.89. The molecule has 0 fully saturated rings. The third-order valence-electron chi connectivity index (χ3n) is 9.93. The first kappa shape index (κ1) is 59.5. The van der Waals surface area contributed by atoms with Gasteiger partial charge < -0.3 is 75.7 Å². The minimum atomic E-state index is -1.53. The summed E-state index contributed by atoms with van der Waals surface area (Å²) in [6.07, 6.45) is 2.26. The van der Waals surface area contributed by atoms with Crippen LogP contribution in [0.2, 0.25) is 0 Å². The molecule has 0 aromatic heterocycles. The zero-order valence-corrected chi connectivity index (χ0v) is 38.8. The molecule has 0 aliphatic heterocycles. The Morgan fingerprint density at radius 2 is 0.800 bits per heavy atom. The van der Waals surface area contributed by atoms with E-state index in [-0.39, 0.29) is 43.9 Å². The lowest BCUT2D eigenvalue weighted by Crippen LogP contribution is -2.60. The van der Waals surface area contributed by atoms with Gasteiger partial charge in [-0.05, 0) is 97.1 Å². The summed E-state index contributed by atoms with van der Waals surface area (Å²) in [6.45, 7) is 10.9. The first-order valence-electron chi connectivity index (χ1n) is 22.1. The fraction of sp³-hybridized carbons (Fsp3) is 0.756. The topological polar surface area (TPSA) is 411 Å². The predicted molar refractivity (Wildman–Crippen MR) is 238 cm³/mol. The van der Waals surface area contributed by atoms with Gasteiger partial charge in [0.1, 0.15) is 48.3 Å². The van der Waals surface area contributed by atoms with E-state index >= 15 is 0 Å². The number of hydrogen-bond acceptors (Lipinski definition) is 14. The highest BCUT2D eigenvalue weighted by Crippen LogP contribution is 2.10. The lowest BCUT2D eigenvalue weighted by molar-refractivity contribution is -0.142. The lowest BCUT2D eigenvalue weighted by Gasteiger charge is -2.27. The van der Waals surface area contributed by atoms with Crippen LogP contribution in [0.3, 0.4) is 0 Å². The maximum atomic E-state index is 13.6. The van der Waals surface area contributed by atoms with Gasteiger partial charge in [-0.3, -0.25) is 43.2 Å². The van der Waals surface area contributed by atoms with Crippen LogP contribution in [0, 0.1) is 11.8 Å². The molecule has 0 saturated carbocycles. The van der Waals surface area contributed by atoms with E-state index in [4.69, 9.17) is 22.9 Å². The molecule has 0 aromatic rings. The van der Waals surface area contributed by atoms with Gasteiger partial charge in [-0.2, -0.15) is 0 Å². The fourth-order valence-corrected chi connectivity index (χ4v) is 6.13. The highest BCUT2D eigenvalue weighted by molar-refractivity contribution is 5.98. The average molecular weight is 929 g/mol. The Balaban J connectivity index is 5.75. The largest absolute Gasteiger partial charge is 0.480 e. The van der Waals surface area contributed by atoms with Crippen molar-refractivity contribution >= 4 is 59.1 Å². The number of amides is 9. The van der Waals surface area contributed by atoms with E-state index in [1.54, 1.807) is 13.8 Å². The van der Waals surface area contributed by atoms with Crippen molar-refractivity contribution < 1.29 is 58.2 Å². The van der Waals surface area contributed by atoms with Gasteiger partial charge >= 0.3 is 5.97 Å². The zero-order valence-electron chi connectivity index (χ0n) is 38.8. The van der Waals surface area contributed by atoms with Crippen LogP contribution in [0.4, 0.5) is 0 Å². The number of aliphatic carboxylic acids is 1. The van der Waals surface area contributed by atoms with E-state index in [1.165, 1.54) is 20.8 Å². The number of hydrogen-bond donors (Lipinski definition) is 14. The van der Waals surface area contributed by atoms with E-state index in [0.29, 0.717) is 45.2 Å². The van der Waals surface area contributed by atoms with E-state index < -0.39 is 120 Å². The first-order chi connectivity index (χ1) is 30.4. The molecule has 0 rings (SSSR count). The van der Waals surface area contributed by atoms with E-state index in [0.717, 1.165) is 0 Å². The molecule has 0 aliphatic rings. The summed E-state index contributed by atoms with van der Waals surface area (Å²) in [6, 6.07) is -11.4. The van der Waals surface area contributed by atoms with Crippen molar-refractivity contribution in [2.24, 2.45) is 34.8 Å². The molecular formula is C41H76N12O12. The number of primary amides is 1. The van der Waals surface area contributed by atoms with Crippen molar-refractivity contribution in [3.05, 3.63) is 0 Å². The smallest absolute Gasteiger partial charge is 0.326 e. The van der Waals surface area contributed by atoms with Crippen molar-refractivity contribution in [3.8, 4) is 0 Å². The minimum Gasteiger partial charge on any atom is -0.480 e. The summed E-state index contributed by atoms with van der Waals surface area (Å²) in [7, 11) is 0. The normalized spacial score (nSPS) is 15.3. The number of carboxylic acid groups (broad SMARTS) is 1. The third-order valence-corrected chi connectivity index (χ3v) is 9.93. The predicted octanol–water partition coefficient (Wildman–Crippen LogP) is -4.06. The van der Waals surface area contributed by atoms with Crippen molar-refractivity contribution in [3.63, 3.8) is 0 Å². The molecule has 0 bridgehead atoms. The van der Waals surface area contributed by atoms with Gasteiger partial charge in [0, 0.05) is 6.42 Å². The monoisotopic (exact) mass is 929 g/mol. The Kier molecular flexibility index (Phi) is 28.8. The average Bonchev–Trinajstić information content (AvgIpc) is 3.22. The van der Waals surface area contributed by atoms with Crippen LogP contribution in [-0.2, 0) is 47.9 Å². The van der Waals surface area contributed by atoms with E-state index in [9.17, 15) is 58.2 Å². The number of aliphatic hydroxyl groups is 1. The number of unbranched alkanes of at least 4 members (excludes halogenated alkanes) is 2. The molecule has 372 valence electrons. The molecule has 0 saturated heterocycles. The van der Waals surface area contributed by atoms with E-state index in [1.807, 2.05) is 13.8 Å². The molecule has 0 heterocycles. The third kappa shape index (κ3) is 24.4. The number of nitrogens with one attached hydrogen (secondary N) is 8. The fourth-order valence-electron chi connectivity index (χ4n) is 6.13. The molecule has 0 unspecified atom stereocenters. The first-order valence-corrected chi connectivity index (χ1v) is 22.1. The van der Waals surface area contributed by atoms with Gasteiger partial charge in [0.2, 0.25) is 53.2 Å². The molecule has 0 radical (unpaired) electrons. The van der Waals surface area contributed by atoms with Gasteiger partial charge in [0.05, 0.1) is 12.6 Å². The second-order valence-corrected chi connectivity index (χ2v) is 17.0. The Morgan fingerprint density at radius 3 is 1.22 bits per heavy atom. The number of rotatable bonds is 33. The molecule has 0 aliphatic carbocycles. The van der Waals surface area contributed by atoms with Gasteiger partial charge in [0.15, 0.2) is 0 Å². The number of carbonyl (C=O) groups excluding carboxylic acids is 9. The summed E-state index contributed by atoms with van der Waals surface area (Å²) in [5.41, 5.74) is 22.2. The van der Waals surface area contributed by atoms with Crippen molar-refractivity contribution in [1.82, 2.24) is 42.5 Å². The number of aliphatic hydroxyl groups excluding tert-OH is 1. The van der Waals surface area contributed by atoms with Crippen LogP contribution in [-0.4, -0.2) is 143 Å². The SMILES string of the molecule is CC(C)C[C@H](NC(=O)[C@H](C)NC(=O)[C@H](C)NC(=O)[C@H](CO)NC(=O)[C@H](CC(C)C)NC(=O)[C@@H](N)CCCCN)C(=O)N[C@@H](CCC(N)=O)C(=O)N[C@@H](C)C(=O)N[C@@H](CCCCN)C(=O)O. The lowest BCUT2D eigenvalue weighted by atomic mass is 10.0. The van der Waals surface area contributed by atoms with Gasteiger partial charge in [-0.25, -0.2) is 4.79 Å². The molecule has 24 nitrogen and oxygen atoms in total. The summed E-state index contributed by atoms with van der Waals surface area (Å²) < 4.78 is 0. The quantitative estimate of drug-likeness (QED) is 0.0279. The maximum absolute atomic E-state index is 13.6. The van der Waals surface area contributed by atoms with Crippen LogP contribution >= 0.6 is 0 Å². The number of carboxylic acids is 1. The molecule has 9 atom stereocenters. The Labute approximate surface area is 380 Å². The molecule has 0 spiro atoms. The number of carbonyl (C=O) groups is 10. The van der Waals surface area contributed by atoms with Crippen LogP contribution in [0.15, 0.2) is 0 Å². The van der Waals surface area contributed by atoms with Crippen LogP contribution < -0.4 is 65.5 Å². The van der Waals surface area contributed by atoms with Gasteiger partial charge in [0.25, 0.3) is 0 Å². The summed E-state index contributed by atoms with van der Waals surface area (Å²) in [5, 5.41) is 39.0. The molecular weight excluding hydrogens is 853 g/mol. The molecule has 0 aromatic carbocycles. The molecule has 9 amide bonds. The van der Waals surface area contributed by atoms with Crippen LogP contribution in [0.25, 0.3) is 0 Å². The highest BCUT2D eigenvalue weighted by Gasteiger charge is 2.33. The van der Waals surface area contributed by atoms with Gasteiger partial charge in [-0.15, -0.1) is 0 Å². The van der Waals surface area contributed by atoms with Crippen LogP contribution in [0.5, 0.6) is 0 Å². The molecule has 65 heavy (non-hydrogen) atoms. The zero-order chi connectivity index (χ0) is 50.0. The molecule has 18 N–H and O–H groups in total. The minimum absolute atomic E-state index is 0.0476. The van der Waals surface area contributed by atoms with Crippen molar-refractivity contribution in [1.29, 1.82) is 0 Å². The molecule has 24 heteroatoms. The second kappa shape index (κ2) is 31.4. The van der Waals surface area contributed by atoms with Crippen LogP contribution in [0.1, 0.15) is 113 Å². The van der Waals surface area contributed by atoms with Crippen molar-refractivity contribution in [2.45, 2.75) is 167 Å². The maximum Gasteiger partial charge on any atom is 0.326 e. The summed E-state index contributed by atoms with van der Waals surface area (Å²) in [4.78, 5) is 129. The van der Waals surface area contributed by atoms with Crippen molar-refractivity contribution in [2.75, 3.05) is 19.7 Å². The Bertz CT molecular complexity index is 1600. The summed E-state index contributed by atoms with van der Waals surface area (Å²) >= 11 is 0. The van der Waals surface area contributed by atoms with E-state index in [2.05, 4.69) is 42.5 Å². The standard InChI is InChI=1S/C41H76N12O12/c1-21(2)18-29(38(61)49-27(14-15-32(45)55)37(60)47-25(7)34(57)50-28(41(64)65)13-9-11-17-43)51-35(58)24(6)46-33(56)23(5)48-40(63)31(20-54)53-39(62)30(19-22(3)4)52-36(59)26(44)12-8-10-16-42/h21-31,54H,8-20,42-44H2,1-7H3,(H2,45,55)(H,46,56)(H,47,60)(H,48,63)(H,49,61)(H,50,57)(H,51,58)(H,52,59)(H,53,62)(H,64,65)/t23-,24-,25-,26-,27-,28-,29-,30-,31-/m0/s1. The Hall–Kier alpha value is -5.46. The number of nitrogens with two attached hydrogens (primary N) is 4. The second-order valence-electron chi connectivity index (χ2n) is 17.0. The highest BCUT2D eigenvalue weighted by atomic mass is 16.4. The Morgan fingerprint density at radius 1 is 0.446 bits per heavy atom.